The molecule has 1 atom stereocenters. The van der Waals surface area contributed by atoms with Crippen LogP contribution in [0.5, 0.6) is 5.75 Å². The lowest BCUT2D eigenvalue weighted by molar-refractivity contribution is -0.124. The minimum absolute atomic E-state index is 0.0694. The van der Waals surface area contributed by atoms with Gasteiger partial charge in [0.05, 0.1) is 5.69 Å². The molecule has 1 amide bonds. The number of nitrogens with zero attached hydrogens (tertiary/aromatic N) is 2. The fourth-order valence-electron chi connectivity index (χ4n) is 4.10. The highest BCUT2D eigenvalue weighted by Gasteiger charge is 2.26. The Labute approximate surface area is 192 Å². The molecule has 166 valence electrons. The van der Waals surface area contributed by atoms with Gasteiger partial charge in [-0.15, -0.1) is 11.3 Å². The molecule has 2 aromatic carbocycles. The molecule has 0 spiro atoms. The van der Waals surface area contributed by atoms with E-state index in [9.17, 15) is 4.79 Å². The number of carbonyl (C=O) groups is 1. The number of ether oxygens (including phenoxy) is 2. The Morgan fingerprint density at radius 1 is 1.16 bits per heavy atom. The van der Waals surface area contributed by atoms with Crippen molar-refractivity contribution in [3.8, 4) is 5.75 Å². The first kappa shape index (κ1) is 21.1. The van der Waals surface area contributed by atoms with Crippen LogP contribution in [0.1, 0.15) is 34.5 Å². The zero-order valence-corrected chi connectivity index (χ0v) is 18.8. The maximum atomic E-state index is 12.3. The van der Waals surface area contributed by atoms with Gasteiger partial charge in [0.15, 0.2) is 5.13 Å². The maximum absolute atomic E-state index is 12.3. The van der Waals surface area contributed by atoms with Crippen LogP contribution in [-0.4, -0.2) is 35.0 Å². The Kier molecular flexibility index (Phi) is 6.48. The second kappa shape index (κ2) is 9.81. The lowest BCUT2D eigenvalue weighted by atomic mass is 10.1. The Hall–Kier alpha value is -2.74. The Morgan fingerprint density at radius 3 is 2.78 bits per heavy atom. The molecule has 1 fully saturated rings. The van der Waals surface area contributed by atoms with Crippen molar-refractivity contribution in [1.29, 1.82) is 0 Å². The van der Waals surface area contributed by atoms with Crippen LogP contribution in [0.2, 0.25) is 0 Å². The number of anilines is 1. The van der Waals surface area contributed by atoms with Crippen molar-refractivity contribution in [2.45, 2.75) is 45.1 Å². The summed E-state index contributed by atoms with van der Waals surface area (Å²) in [6, 6.07) is 18.5. The highest BCUT2D eigenvalue weighted by Crippen LogP contribution is 2.30. The van der Waals surface area contributed by atoms with E-state index in [1.807, 2.05) is 30.3 Å². The number of hydrogen-bond donors (Lipinski definition) is 1. The van der Waals surface area contributed by atoms with Gasteiger partial charge in [-0.1, -0.05) is 42.5 Å². The van der Waals surface area contributed by atoms with Crippen LogP contribution in [0, 0.1) is 0 Å². The second-order valence-corrected chi connectivity index (χ2v) is 9.34. The molecule has 2 aliphatic rings. The van der Waals surface area contributed by atoms with Gasteiger partial charge in [0.25, 0.3) is 5.91 Å². The van der Waals surface area contributed by atoms with Crippen LogP contribution in [0.25, 0.3) is 0 Å². The summed E-state index contributed by atoms with van der Waals surface area (Å²) in [5.74, 6) is 0.813. The van der Waals surface area contributed by atoms with Gasteiger partial charge < -0.3 is 9.47 Å². The van der Waals surface area contributed by atoms with Gasteiger partial charge >= 0.3 is 0 Å². The quantitative estimate of drug-likeness (QED) is 0.579. The SMILES string of the molecule is O=C(Nc1nc2c(s1)CN(Cc1ccc(OCc3ccccc3)cc1)CC2)C1CCCO1. The predicted molar refractivity (Wildman–Crippen MR) is 125 cm³/mol. The number of benzene rings is 2. The number of fused-ring (bicyclic) bond motifs is 1. The minimum Gasteiger partial charge on any atom is -0.489 e. The van der Waals surface area contributed by atoms with Gasteiger partial charge in [0.1, 0.15) is 18.5 Å². The molecule has 6 nitrogen and oxygen atoms in total. The third kappa shape index (κ3) is 5.18. The molecular weight excluding hydrogens is 422 g/mol. The molecule has 3 aromatic rings. The van der Waals surface area contributed by atoms with Crippen molar-refractivity contribution in [2.24, 2.45) is 0 Å². The molecule has 2 aliphatic heterocycles. The average molecular weight is 450 g/mol. The van der Waals surface area contributed by atoms with E-state index in [0.29, 0.717) is 18.3 Å². The van der Waals surface area contributed by atoms with Gasteiger partial charge in [-0.3, -0.25) is 15.0 Å². The number of nitrogens with one attached hydrogen (secondary N) is 1. The van der Waals surface area contributed by atoms with Crippen LogP contribution in [0.4, 0.5) is 5.13 Å². The van der Waals surface area contributed by atoms with Gasteiger partial charge in [0.2, 0.25) is 0 Å². The third-order valence-electron chi connectivity index (χ3n) is 5.84. The summed E-state index contributed by atoms with van der Waals surface area (Å²) >= 11 is 1.58. The van der Waals surface area contributed by atoms with Crippen molar-refractivity contribution in [3.05, 3.63) is 76.3 Å². The van der Waals surface area contributed by atoms with Gasteiger partial charge in [-0.2, -0.15) is 0 Å². The molecule has 1 saturated heterocycles. The van der Waals surface area contributed by atoms with E-state index in [1.165, 1.54) is 10.4 Å². The number of hydrogen-bond acceptors (Lipinski definition) is 6. The standard InChI is InChI=1S/C25H27N3O3S/c29-24(22-7-4-14-30-22)27-25-26-21-12-13-28(16-23(21)32-25)15-18-8-10-20(11-9-18)31-17-19-5-2-1-3-6-19/h1-3,5-6,8-11,22H,4,7,12-17H2,(H,26,27,29). The Morgan fingerprint density at radius 2 is 2.00 bits per heavy atom. The van der Waals surface area contributed by atoms with E-state index in [4.69, 9.17) is 9.47 Å². The summed E-state index contributed by atoms with van der Waals surface area (Å²) < 4.78 is 11.4. The smallest absolute Gasteiger partial charge is 0.255 e. The fraction of sp³-hybridized carbons (Fsp3) is 0.360. The molecule has 1 unspecified atom stereocenters. The van der Waals surface area contributed by atoms with Crippen LogP contribution >= 0.6 is 11.3 Å². The van der Waals surface area contributed by atoms with Crippen molar-refractivity contribution in [3.63, 3.8) is 0 Å². The van der Waals surface area contributed by atoms with E-state index in [-0.39, 0.29) is 12.0 Å². The maximum Gasteiger partial charge on any atom is 0.255 e. The summed E-state index contributed by atoms with van der Waals surface area (Å²) in [6.45, 7) is 3.94. The molecular formula is C25H27N3O3S. The molecule has 1 N–H and O–H groups in total. The number of aromatic nitrogens is 1. The molecule has 1 aromatic heterocycles. The van der Waals surface area contributed by atoms with E-state index in [1.54, 1.807) is 11.3 Å². The minimum atomic E-state index is -0.327. The second-order valence-electron chi connectivity index (χ2n) is 8.26. The van der Waals surface area contributed by atoms with Gasteiger partial charge in [-0.05, 0) is 36.1 Å². The number of rotatable bonds is 7. The normalized spacial score (nSPS) is 18.3. The largest absolute Gasteiger partial charge is 0.489 e. The first-order valence-corrected chi connectivity index (χ1v) is 11.9. The first-order valence-electron chi connectivity index (χ1n) is 11.1. The molecule has 0 bridgehead atoms. The van der Waals surface area contributed by atoms with Crippen LogP contribution in [-0.2, 0) is 35.6 Å². The summed E-state index contributed by atoms with van der Waals surface area (Å²) in [6.07, 6.45) is 2.31. The van der Waals surface area contributed by atoms with Crippen LogP contribution < -0.4 is 10.1 Å². The molecule has 32 heavy (non-hydrogen) atoms. The highest BCUT2D eigenvalue weighted by molar-refractivity contribution is 7.15. The Bertz CT molecular complexity index is 1050. The van der Waals surface area contributed by atoms with E-state index in [2.05, 4.69) is 39.5 Å². The monoisotopic (exact) mass is 449 g/mol. The third-order valence-corrected chi connectivity index (χ3v) is 6.84. The predicted octanol–water partition coefficient (Wildman–Crippen LogP) is 4.40. The zero-order chi connectivity index (χ0) is 21.8. The molecule has 0 aliphatic carbocycles. The molecule has 5 rings (SSSR count). The van der Waals surface area contributed by atoms with E-state index >= 15 is 0 Å². The number of amides is 1. The van der Waals surface area contributed by atoms with Crippen molar-refractivity contribution in [2.75, 3.05) is 18.5 Å². The van der Waals surface area contributed by atoms with E-state index in [0.717, 1.165) is 55.9 Å². The van der Waals surface area contributed by atoms with Crippen LogP contribution in [0.3, 0.4) is 0 Å². The molecule has 0 saturated carbocycles. The first-order chi connectivity index (χ1) is 15.7. The highest BCUT2D eigenvalue weighted by atomic mass is 32.1. The molecule has 7 heteroatoms. The Balaban J connectivity index is 1.14. The van der Waals surface area contributed by atoms with Crippen molar-refractivity contribution in [1.82, 2.24) is 9.88 Å². The topological polar surface area (TPSA) is 63.7 Å². The van der Waals surface area contributed by atoms with Gasteiger partial charge in [0, 0.05) is 37.5 Å². The molecule has 3 heterocycles. The number of carbonyl (C=O) groups excluding carboxylic acids is 1. The van der Waals surface area contributed by atoms with Crippen molar-refractivity contribution >= 4 is 22.4 Å². The summed E-state index contributed by atoms with van der Waals surface area (Å²) in [5, 5.41) is 3.64. The summed E-state index contributed by atoms with van der Waals surface area (Å²) in [5.41, 5.74) is 3.53. The summed E-state index contributed by atoms with van der Waals surface area (Å²) in [4.78, 5) is 20.6. The summed E-state index contributed by atoms with van der Waals surface area (Å²) in [7, 11) is 0. The van der Waals surface area contributed by atoms with Crippen LogP contribution in [0.15, 0.2) is 54.6 Å². The lowest BCUT2D eigenvalue weighted by Gasteiger charge is -2.25. The van der Waals surface area contributed by atoms with Gasteiger partial charge in [-0.25, -0.2) is 4.98 Å². The fourth-order valence-corrected chi connectivity index (χ4v) is 5.15. The zero-order valence-electron chi connectivity index (χ0n) is 18.0. The lowest BCUT2D eigenvalue weighted by Crippen LogP contribution is -2.29. The van der Waals surface area contributed by atoms with Crippen molar-refractivity contribution < 1.29 is 14.3 Å². The number of thiazole rings is 1. The van der Waals surface area contributed by atoms with E-state index < -0.39 is 0 Å². The molecule has 0 radical (unpaired) electrons. The average Bonchev–Trinajstić information content (AvgIpc) is 3.49.